The number of ether oxygens (including phenoxy) is 1. The number of hydrogen-bond donors (Lipinski definition) is 0. The van der Waals surface area contributed by atoms with Gasteiger partial charge in [-0.15, -0.1) is 0 Å². The number of likely N-dealkylation sites (N-methyl/N-ethyl adjacent to an activating group) is 1. The Morgan fingerprint density at radius 2 is 2.50 bits per heavy atom. The lowest BCUT2D eigenvalue weighted by molar-refractivity contribution is 0.198. The van der Waals surface area contributed by atoms with E-state index in [1.165, 1.54) is 0 Å². The van der Waals surface area contributed by atoms with Gasteiger partial charge in [0.25, 0.3) is 0 Å². The van der Waals surface area contributed by atoms with Crippen LogP contribution in [-0.2, 0) is 0 Å². The van der Waals surface area contributed by atoms with Crippen LogP contribution in [0.3, 0.4) is 0 Å². The molecule has 2 rings (SSSR count). The molecule has 76 valence electrons. The maximum Gasteiger partial charge on any atom is 0.228 e. The summed E-state index contributed by atoms with van der Waals surface area (Å²) in [5.41, 5.74) is 0. The lowest BCUT2D eigenvalue weighted by Crippen LogP contribution is -2.21. The van der Waals surface area contributed by atoms with Crippen molar-refractivity contribution in [2.75, 3.05) is 20.1 Å². The van der Waals surface area contributed by atoms with Gasteiger partial charge in [0.2, 0.25) is 5.88 Å². The zero-order valence-corrected chi connectivity index (χ0v) is 9.70. The van der Waals surface area contributed by atoms with Gasteiger partial charge >= 0.3 is 0 Å². The summed E-state index contributed by atoms with van der Waals surface area (Å²) in [7, 11) is 2.11. The molecule has 0 aliphatic carbocycles. The summed E-state index contributed by atoms with van der Waals surface area (Å²) < 4.78 is 6.70. The van der Waals surface area contributed by atoms with Crippen molar-refractivity contribution in [3.63, 3.8) is 0 Å². The van der Waals surface area contributed by atoms with Gasteiger partial charge in [0, 0.05) is 19.3 Å². The van der Waals surface area contributed by atoms with Crippen molar-refractivity contribution in [3.8, 4) is 5.88 Å². The quantitative estimate of drug-likeness (QED) is 0.809. The van der Waals surface area contributed by atoms with Gasteiger partial charge in [-0.3, -0.25) is 0 Å². The molecule has 0 bridgehead atoms. The molecule has 2 heterocycles. The Balaban J connectivity index is 2.01. The first-order valence-corrected chi connectivity index (χ1v) is 5.51. The van der Waals surface area contributed by atoms with E-state index in [2.05, 4.69) is 32.9 Å². The van der Waals surface area contributed by atoms with E-state index in [0.29, 0.717) is 5.88 Å². The number of rotatable bonds is 2. The summed E-state index contributed by atoms with van der Waals surface area (Å²) in [6, 6.07) is 3.83. The number of nitrogens with zero attached hydrogens (tertiary/aromatic N) is 2. The largest absolute Gasteiger partial charge is 0.472 e. The normalized spacial score (nSPS) is 22.6. The molecule has 14 heavy (non-hydrogen) atoms. The standard InChI is InChI=1S/C10H13BrN2O/c1-13-6-4-8(7-13)14-10-9(11)3-2-5-12-10/h2-3,5,8H,4,6-7H2,1H3/t8-/m0/s1. The number of pyridine rings is 1. The fourth-order valence-electron chi connectivity index (χ4n) is 1.61. The van der Waals surface area contributed by atoms with Crippen LogP contribution in [0.1, 0.15) is 6.42 Å². The zero-order chi connectivity index (χ0) is 9.97. The Hall–Kier alpha value is -0.610. The van der Waals surface area contributed by atoms with Crippen molar-refractivity contribution in [1.29, 1.82) is 0 Å². The van der Waals surface area contributed by atoms with E-state index in [0.717, 1.165) is 24.0 Å². The van der Waals surface area contributed by atoms with E-state index in [4.69, 9.17) is 4.74 Å². The molecule has 0 spiro atoms. The number of likely N-dealkylation sites (tertiary alicyclic amines) is 1. The van der Waals surface area contributed by atoms with Gasteiger partial charge in [0.15, 0.2) is 0 Å². The van der Waals surface area contributed by atoms with E-state index < -0.39 is 0 Å². The average Bonchev–Trinajstić information content (AvgIpc) is 2.56. The van der Waals surface area contributed by atoms with Crippen LogP contribution in [0.15, 0.2) is 22.8 Å². The van der Waals surface area contributed by atoms with Crippen molar-refractivity contribution in [3.05, 3.63) is 22.8 Å². The highest BCUT2D eigenvalue weighted by Crippen LogP contribution is 2.23. The van der Waals surface area contributed by atoms with Crippen molar-refractivity contribution < 1.29 is 4.74 Å². The Kier molecular flexibility index (Phi) is 3.03. The minimum absolute atomic E-state index is 0.284. The maximum atomic E-state index is 5.78. The van der Waals surface area contributed by atoms with Gasteiger partial charge in [0.1, 0.15) is 6.10 Å². The molecule has 1 atom stereocenters. The minimum Gasteiger partial charge on any atom is -0.472 e. The molecule has 0 unspecified atom stereocenters. The molecule has 1 aromatic heterocycles. The Morgan fingerprint density at radius 3 is 3.14 bits per heavy atom. The molecule has 1 saturated heterocycles. The summed E-state index contributed by atoms with van der Waals surface area (Å²) in [6.45, 7) is 2.10. The van der Waals surface area contributed by atoms with Gasteiger partial charge in [-0.25, -0.2) is 4.98 Å². The molecule has 0 N–H and O–H groups in total. The van der Waals surface area contributed by atoms with Crippen molar-refractivity contribution in [1.82, 2.24) is 9.88 Å². The third-order valence-electron chi connectivity index (χ3n) is 2.35. The lowest BCUT2D eigenvalue weighted by Gasteiger charge is -2.13. The van der Waals surface area contributed by atoms with E-state index in [9.17, 15) is 0 Å². The predicted molar refractivity (Wildman–Crippen MR) is 58.5 cm³/mol. The van der Waals surface area contributed by atoms with Gasteiger partial charge < -0.3 is 9.64 Å². The highest BCUT2D eigenvalue weighted by atomic mass is 79.9. The first kappa shape index (κ1) is 9.93. The van der Waals surface area contributed by atoms with Crippen LogP contribution in [0.2, 0.25) is 0 Å². The average molecular weight is 257 g/mol. The fourth-order valence-corrected chi connectivity index (χ4v) is 1.96. The molecular formula is C10H13BrN2O. The second kappa shape index (κ2) is 4.28. The third-order valence-corrected chi connectivity index (χ3v) is 2.95. The predicted octanol–water partition coefficient (Wildman–Crippen LogP) is 1.93. The molecule has 1 aliphatic rings. The van der Waals surface area contributed by atoms with Crippen LogP contribution in [0.4, 0.5) is 0 Å². The topological polar surface area (TPSA) is 25.4 Å². The fraction of sp³-hybridized carbons (Fsp3) is 0.500. The number of halogens is 1. The molecule has 1 aromatic rings. The highest BCUT2D eigenvalue weighted by molar-refractivity contribution is 9.10. The van der Waals surface area contributed by atoms with Crippen LogP contribution < -0.4 is 4.74 Å². The van der Waals surface area contributed by atoms with Gasteiger partial charge in [-0.2, -0.15) is 0 Å². The second-order valence-electron chi connectivity index (χ2n) is 3.58. The molecule has 4 heteroatoms. The van der Waals surface area contributed by atoms with Crippen LogP contribution in [0.5, 0.6) is 5.88 Å². The highest BCUT2D eigenvalue weighted by Gasteiger charge is 2.21. The summed E-state index contributed by atoms with van der Waals surface area (Å²) in [4.78, 5) is 6.44. The molecule has 1 aliphatic heterocycles. The lowest BCUT2D eigenvalue weighted by atomic mass is 10.3. The SMILES string of the molecule is CN1CC[C@H](Oc2ncccc2Br)C1. The Bertz CT molecular complexity index is 319. The third kappa shape index (κ3) is 2.25. The van der Waals surface area contributed by atoms with E-state index in [1.807, 2.05) is 12.1 Å². The summed E-state index contributed by atoms with van der Waals surface area (Å²) >= 11 is 3.42. The molecular weight excluding hydrogens is 244 g/mol. The first-order valence-electron chi connectivity index (χ1n) is 4.71. The zero-order valence-electron chi connectivity index (χ0n) is 8.11. The van der Waals surface area contributed by atoms with Gasteiger partial charge in [0.05, 0.1) is 4.47 Å². The van der Waals surface area contributed by atoms with Crippen molar-refractivity contribution in [2.24, 2.45) is 0 Å². The van der Waals surface area contributed by atoms with Crippen molar-refractivity contribution in [2.45, 2.75) is 12.5 Å². The molecule has 3 nitrogen and oxygen atoms in total. The van der Waals surface area contributed by atoms with E-state index in [-0.39, 0.29) is 6.10 Å². The van der Waals surface area contributed by atoms with Crippen LogP contribution >= 0.6 is 15.9 Å². The Labute approximate surface area is 92.2 Å². The summed E-state index contributed by atoms with van der Waals surface area (Å²) in [6.07, 6.45) is 3.12. The molecule has 0 amide bonds. The van der Waals surface area contributed by atoms with E-state index >= 15 is 0 Å². The van der Waals surface area contributed by atoms with E-state index in [1.54, 1.807) is 6.20 Å². The van der Waals surface area contributed by atoms with Crippen LogP contribution in [0.25, 0.3) is 0 Å². The number of hydrogen-bond acceptors (Lipinski definition) is 3. The molecule has 0 radical (unpaired) electrons. The minimum atomic E-state index is 0.284. The Morgan fingerprint density at radius 1 is 1.64 bits per heavy atom. The van der Waals surface area contributed by atoms with Gasteiger partial charge in [-0.05, 0) is 41.5 Å². The first-order chi connectivity index (χ1) is 6.75. The number of aromatic nitrogens is 1. The summed E-state index contributed by atoms with van der Waals surface area (Å²) in [5, 5.41) is 0. The smallest absolute Gasteiger partial charge is 0.228 e. The molecule has 1 fully saturated rings. The monoisotopic (exact) mass is 256 g/mol. The van der Waals surface area contributed by atoms with Crippen molar-refractivity contribution >= 4 is 15.9 Å². The van der Waals surface area contributed by atoms with Gasteiger partial charge in [-0.1, -0.05) is 0 Å². The molecule has 0 saturated carbocycles. The molecule has 0 aromatic carbocycles. The van der Waals surface area contributed by atoms with Crippen LogP contribution in [0, 0.1) is 0 Å². The summed E-state index contributed by atoms with van der Waals surface area (Å²) in [5.74, 6) is 0.702. The maximum absolute atomic E-state index is 5.78. The van der Waals surface area contributed by atoms with Crippen LogP contribution in [-0.4, -0.2) is 36.1 Å². The second-order valence-corrected chi connectivity index (χ2v) is 4.44.